The van der Waals surface area contributed by atoms with Gasteiger partial charge in [-0.15, -0.1) is 0 Å². The Balaban J connectivity index is 1.96. The minimum Gasteiger partial charge on any atom is -0.463 e. The summed E-state index contributed by atoms with van der Waals surface area (Å²) in [6, 6.07) is 13.4. The molecule has 0 N–H and O–H groups in total. The number of rotatable bonds is 9. The van der Waals surface area contributed by atoms with Crippen LogP contribution in [-0.2, 0) is 9.53 Å². The number of fused-ring (bicyclic) bond motifs is 1. The van der Waals surface area contributed by atoms with E-state index in [9.17, 15) is 18.4 Å². The molecule has 0 radical (unpaired) electrons. The lowest BCUT2D eigenvalue weighted by Gasteiger charge is -2.26. The van der Waals surface area contributed by atoms with Crippen molar-refractivity contribution in [2.24, 2.45) is 4.99 Å². The summed E-state index contributed by atoms with van der Waals surface area (Å²) < 4.78 is 37.8. The Hall–Kier alpha value is -3.59. The molecule has 1 atom stereocenters. The Kier molecular flexibility index (Phi) is 8.56. The van der Waals surface area contributed by atoms with Gasteiger partial charge in [-0.2, -0.15) is 8.78 Å². The lowest BCUT2D eigenvalue weighted by Crippen LogP contribution is -2.40. The van der Waals surface area contributed by atoms with Crippen LogP contribution in [0.5, 0.6) is 5.75 Å². The second-order valence-electron chi connectivity index (χ2n) is 9.15. The Bertz CT molecular complexity index is 1520. The van der Waals surface area contributed by atoms with Crippen LogP contribution in [0, 0.1) is 0 Å². The standard InChI is InChI=1S/C29H30F2N2O4S/c1-5-9-21-24(27(35)36-6-2)25(19-14-12-18(13-15-19)17(3)4)33-26(34)23(38-29(33)32-21)16-20-10-7-8-11-22(20)37-28(30)31/h7-8,10-17,25,28H,5-6,9H2,1-4H3/b23-16+/t25-/m1/s1. The van der Waals surface area contributed by atoms with Crippen molar-refractivity contribution in [2.45, 2.75) is 59.1 Å². The fraction of sp³-hybridized carbons (Fsp3) is 0.345. The average molecular weight is 541 g/mol. The molecule has 2 heterocycles. The molecule has 1 aliphatic heterocycles. The Morgan fingerprint density at radius 2 is 1.84 bits per heavy atom. The van der Waals surface area contributed by atoms with E-state index in [2.05, 4.69) is 18.6 Å². The van der Waals surface area contributed by atoms with Gasteiger partial charge in [0.25, 0.3) is 5.56 Å². The Morgan fingerprint density at radius 1 is 1.13 bits per heavy atom. The number of aromatic nitrogens is 1. The topological polar surface area (TPSA) is 69.9 Å². The third kappa shape index (κ3) is 5.62. The molecule has 0 saturated carbocycles. The number of nitrogens with zero attached hydrogens (tertiary/aromatic N) is 2. The van der Waals surface area contributed by atoms with Gasteiger partial charge in [-0.05, 0) is 42.5 Å². The summed E-state index contributed by atoms with van der Waals surface area (Å²) in [6.45, 7) is 5.11. The molecule has 3 aromatic rings. The van der Waals surface area contributed by atoms with E-state index in [1.165, 1.54) is 16.7 Å². The summed E-state index contributed by atoms with van der Waals surface area (Å²) in [6.07, 6.45) is 2.80. The van der Waals surface area contributed by atoms with Gasteiger partial charge in [0.05, 0.1) is 28.5 Å². The number of allylic oxidation sites excluding steroid dienone is 1. The van der Waals surface area contributed by atoms with E-state index in [0.717, 1.165) is 28.9 Å². The second kappa shape index (κ2) is 11.9. The van der Waals surface area contributed by atoms with E-state index in [4.69, 9.17) is 9.73 Å². The molecule has 0 saturated heterocycles. The lowest BCUT2D eigenvalue weighted by atomic mass is 9.92. The van der Waals surface area contributed by atoms with E-state index < -0.39 is 18.6 Å². The van der Waals surface area contributed by atoms with E-state index in [1.807, 2.05) is 31.2 Å². The number of esters is 1. The third-order valence-corrected chi connectivity index (χ3v) is 7.22. The molecule has 1 aromatic heterocycles. The molecular formula is C29H30F2N2O4S. The molecule has 2 aromatic carbocycles. The molecular weight excluding hydrogens is 510 g/mol. The van der Waals surface area contributed by atoms with Crippen molar-refractivity contribution < 1.29 is 23.0 Å². The van der Waals surface area contributed by atoms with Crippen LogP contribution in [0.2, 0.25) is 0 Å². The first-order valence-corrected chi connectivity index (χ1v) is 13.4. The summed E-state index contributed by atoms with van der Waals surface area (Å²) in [5.74, 6) is -0.229. The van der Waals surface area contributed by atoms with E-state index in [1.54, 1.807) is 25.1 Å². The number of carbonyl (C=O) groups excluding carboxylic acids is 1. The molecule has 0 fully saturated rings. The monoisotopic (exact) mass is 540 g/mol. The fourth-order valence-corrected chi connectivity index (χ4v) is 5.45. The summed E-state index contributed by atoms with van der Waals surface area (Å²) in [5, 5.41) is 0. The Morgan fingerprint density at radius 3 is 2.47 bits per heavy atom. The molecule has 9 heteroatoms. The van der Waals surface area contributed by atoms with Crippen LogP contribution in [0.25, 0.3) is 6.08 Å². The van der Waals surface area contributed by atoms with Gasteiger partial charge in [0, 0.05) is 5.56 Å². The van der Waals surface area contributed by atoms with Gasteiger partial charge in [-0.25, -0.2) is 9.79 Å². The molecule has 0 aliphatic carbocycles. The summed E-state index contributed by atoms with van der Waals surface area (Å²) in [7, 11) is 0. The molecule has 0 spiro atoms. The van der Waals surface area contributed by atoms with Crippen LogP contribution in [0.4, 0.5) is 8.78 Å². The van der Waals surface area contributed by atoms with Crippen LogP contribution in [0.1, 0.15) is 69.2 Å². The zero-order chi connectivity index (χ0) is 27.4. The number of thiazole rings is 1. The summed E-state index contributed by atoms with van der Waals surface area (Å²) in [4.78, 5) is 32.2. The number of hydrogen-bond acceptors (Lipinski definition) is 6. The van der Waals surface area contributed by atoms with Gasteiger partial charge in [0.2, 0.25) is 0 Å². The van der Waals surface area contributed by atoms with Crippen molar-refractivity contribution >= 4 is 23.4 Å². The van der Waals surface area contributed by atoms with Crippen LogP contribution in [0.15, 0.2) is 69.6 Å². The Labute approximate surface area is 223 Å². The molecule has 4 rings (SSSR count). The maximum Gasteiger partial charge on any atom is 0.387 e. The summed E-state index contributed by atoms with van der Waals surface area (Å²) >= 11 is 1.15. The van der Waals surface area contributed by atoms with Crippen LogP contribution in [-0.4, -0.2) is 23.8 Å². The highest BCUT2D eigenvalue weighted by Crippen LogP contribution is 2.33. The predicted molar refractivity (Wildman–Crippen MR) is 143 cm³/mol. The number of ether oxygens (including phenoxy) is 2. The predicted octanol–water partition coefficient (Wildman–Crippen LogP) is 5.30. The second-order valence-corrected chi connectivity index (χ2v) is 10.2. The molecule has 200 valence electrons. The van der Waals surface area contributed by atoms with Gasteiger partial charge < -0.3 is 9.47 Å². The van der Waals surface area contributed by atoms with Crippen molar-refractivity contribution in [1.82, 2.24) is 4.57 Å². The van der Waals surface area contributed by atoms with E-state index in [0.29, 0.717) is 38.5 Å². The third-order valence-electron chi connectivity index (χ3n) is 6.23. The zero-order valence-corrected chi connectivity index (χ0v) is 22.6. The largest absolute Gasteiger partial charge is 0.463 e. The minimum atomic E-state index is -3.00. The van der Waals surface area contributed by atoms with Gasteiger partial charge in [-0.1, -0.05) is 81.0 Å². The SMILES string of the molecule is CCCC1=C(C(=O)OCC)[C@@H](c2ccc(C(C)C)cc2)n2c(s/c(=C/c3ccccc3OC(F)F)c2=O)=N1. The molecule has 38 heavy (non-hydrogen) atoms. The minimum absolute atomic E-state index is 0.0342. The quantitative estimate of drug-likeness (QED) is 0.345. The van der Waals surface area contributed by atoms with Crippen molar-refractivity contribution in [3.05, 3.63) is 96.2 Å². The molecule has 0 unspecified atom stereocenters. The van der Waals surface area contributed by atoms with Crippen molar-refractivity contribution in [2.75, 3.05) is 6.61 Å². The first kappa shape index (κ1) is 27.4. The number of alkyl halides is 2. The highest BCUT2D eigenvalue weighted by Gasteiger charge is 2.34. The number of para-hydroxylation sites is 1. The molecule has 0 amide bonds. The number of halogens is 2. The van der Waals surface area contributed by atoms with Crippen LogP contribution in [0.3, 0.4) is 0 Å². The highest BCUT2D eigenvalue weighted by molar-refractivity contribution is 7.07. The van der Waals surface area contributed by atoms with Gasteiger partial charge in [0.1, 0.15) is 5.75 Å². The average Bonchev–Trinajstić information content (AvgIpc) is 3.19. The van der Waals surface area contributed by atoms with Crippen LogP contribution >= 0.6 is 11.3 Å². The zero-order valence-electron chi connectivity index (χ0n) is 21.7. The number of benzene rings is 2. The first-order valence-electron chi connectivity index (χ1n) is 12.6. The van der Waals surface area contributed by atoms with Crippen molar-refractivity contribution in [1.29, 1.82) is 0 Å². The van der Waals surface area contributed by atoms with Gasteiger partial charge >= 0.3 is 12.6 Å². The number of hydrogen-bond donors (Lipinski definition) is 0. The first-order chi connectivity index (χ1) is 18.2. The summed E-state index contributed by atoms with van der Waals surface area (Å²) in [5.41, 5.74) is 2.78. The van der Waals surface area contributed by atoms with E-state index in [-0.39, 0.29) is 17.9 Å². The van der Waals surface area contributed by atoms with Crippen LogP contribution < -0.4 is 19.6 Å². The van der Waals surface area contributed by atoms with Gasteiger partial charge in [0.15, 0.2) is 4.80 Å². The smallest absolute Gasteiger partial charge is 0.387 e. The van der Waals surface area contributed by atoms with Crippen molar-refractivity contribution in [3.8, 4) is 5.75 Å². The normalized spacial score (nSPS) is 15.6. The fourth-order valence-electron chi connectivity index (χ4n) is 4.44. The molecule has 1 aliphatic rings. The maximum atomic E-state index is 13.8. The highest BCUT2D eigenvalue weighted by atomic mass is 32.1. The van der Waals surface area contributed by atoms with Crippen molar-refractivity contribution in [3.63, 3.8) is 0 Å². The van der Waals surface area contributed by atoms with Gasteiger partial charge in [-0.3, -0.25) is 9.36 Å². The molecule has 0 bridgehead atoms. The van der Waals surface area contributed by atoms with E-state index >= 15 is 0 Å². The maximum absolute atomic E-state index is 13.8. The lowest BCUT2D eigenvalue weighted by molar-refractivity contribution is -0.139. The number of carbonyl (C=O) groups is 1. The molecule has 6 nitrogen and oxygen atoms in total.